The maximum Gasteiger partial charge on any atom is 0.223 e. The molecule has 3 heteroatoms. The van der Waals surface area contributed by atoms with Gasteiger partial charge < -0.3 is 5.32 Å². The average Bonchev–Trinajstić information content (AvgIpc) is 3.00. The van der Waals surface area contributed by atoms with Gasteiger partial charge in [-0.2, -0.15) is 0 Å². The van der Waals surface area contributed by atoms with Gasteiger partial charge in [0, 0.05) is 10.9 Å². The zero-order chi connectivity index (χ0) is 11.8. The number of hydrogen-bond acceptors (Lipinski definition) is 1. The molecule has 1 aliphatic rings. The molecule has 1 N–H and O–H groups in total. The number of rotatable bonds is 3. The highest BCUT2D eigenvalue weighted by molar-refractivity contribution is 6.30. The summed E-state index contributed by atoms with van der Waals surface area (Å²) in [6.07, 6.45) is 2.05. The van der Waals surface area contributed by atoms with Gasteiger partial charge in [-0.05, 0) is 44.4 Å². The highest BCUT2D eigenvalue weighted by Gasteiger charge is 2.33. The molecule has 0 unspecified atom stereocenters. The van der Waals surface area contributed by atoms with E-state index in [1.54, 1.807) is 0 Å². The second-order valence-corrected chi connectivity index (χ2v) is 5.34. The standard InChI is InChI=1S/C13H16ClNO/c1-13(2,15-12(16)9-6-7-9)10-4-3-5-11(14)8-10/h3-5,8-9H,6-7H2,1-2H3,(H,15,16). The van der Waals surface area contributed by atoms with Gasteiger partial charge in [0.15, 0.2) is 0 Å². The molecular formula is C13H16ClNO. The third-order valence-electron chi connectivity index (χ3n) is 2.93. The Morgan fingerprint density at radius 2 is 2.12 bits per heavy atom. The Kier molecular flexibility index (Phi) is 2.94. The monoisotopic (exact) mass is 237 g/mol. The van der Waals surface area contributed by atoms with E-state index in [1.807, 2.05) is 38.1 Å². The van der Waals surface area contributed by atoms with Crippen molar-refractivity contribution in [3.8, 4) is 0 Å². The molecule has 1 amide bonds. The summed E-state index contributed by atoms with van der Waals surface area (Å²) in [5.41, 5.74) is 0.680. The maximum absolute atomic E-state index is 11.7. The number of carbonyl (C=O) groups is 1. The van der Waals surface area contributed by atoms with E-state index in [4.69, 9.17) is 11.6 Å². The van der Waals surface area contributed by atoms with Crippen molar-refractivity contribution in [3.63, 3.8) is 0 Å². The molecule has 0 heterocycles. The molecule has 1 fully saturated rings. The molecule has 0 aromatic heterocycles. The van der Waals surface area contributed by atoms with E-state index in [1.165, 1.54) is 0 Å². The van der Waals surface area contributed by atoms with Crippen LogP contribution in [0.3, 0.4) is 0 Å². The van der Waals surface area contributed by atoms with Crippen LogP contribution in [0.4, 0.5) is 0 Å². The number of benzene rings is 1. The smallest absolute Gasteiger partial charge is 0.223 e. The lowest BCUT2D eigenvalue weighted by atomic mass is 9.94. The SMILES string of the molecule is CC(C)(NC(=O)C1CC1)c1cccc(Cl)c1. The van der Waals surface area contributed by atoms with Crippen molar-refractivity contribution >= 4 is 17.5 Å². The molecule has 0 bridgehead atoms. The van der Waals surface area contributed by atoms with Crippen LogP contribution in [0.1, 0.15) is 32.3 Å². The Hall–Kier alpha value is -1.02. The molecule has 0 saturated heterocycles. The van der Waals surface area contributed by atoms with Crippen LogP contribution in [0.15, 0.2) is 24.3 Å². The largest absolute Gasteiger partial charge is 0.347 e. The summed E-state index contributed by atoms with van der Waals surface area (Å²) >= 11 is 5.95. The summed E-state index contributed by atoms with van der Waals surface area (Å²) in [5.74, 6) is 0.392. The number of hydrogen-bond donors (Lipinski definition) is 1. The fourth-order valence-electron chi connectivity index (χ4n) is 1.70. The van der Waals surface area contributed by atoms with E-state index >= 15 is 0 Å². The molecule has 2 nitrogen and oxygen atoms in total. The average molecular weight is 238 g/mol. The van der Waals surface area contributed by atoms with Crippen LogP contribution < -0.4 is 5.32 Å². The van der Waals surface area contributed by atoms with Crippen molar-refractivity contribution in [3.05, 3.63) is 34.9 Å². The van der Waals surface area contributed by atoms with Crippen LogP contribution in [0.25, 0.3) is 0 Å². The normalized spacial score (nSPS) is 15.9. The van der Waals surface area contributed by atoms with Crippen LogP contribution in [-0.4, -0.2) is 5.91 Å². The Balaban J connectivity index is 2.13. The van der Waals surface area contributed by atoms with E-state index in [0.717, 1.165) is 18.4 Å². The van der Waals surface area contributed by atoms with Gasteiger partial charge in [0.1, 0.15) is 0 Å². The van der Waals surface area contributed by atoms with Gasteiger partial charge in [-0.25, -0.2) is 0 Å². The van der Waals surface area contributed by atoms with Crippen LogP contribution in [0.2, 0.25) is 5.02 Å². The van der Waals surface area contributed by atoms with Crippen LogP contribution in [0, 0.1) is 5.92 Å². The summed E-state index contributed by atoms with van der Waals surface area (Å²) in [4.78, 5) is 11.7. The minimum Gasteiger partial charge on any atom is -0.347 e. The lowest BCUT2D eigenvalue weighted by Crippen LogP contribution is -2.41. The van der Waals surface area contributed by atoms with Gasteiger partial charge >= 0.3 is 0 Å². The molecule has 0 atom stereocenters. The Labute approximate surface area is 101 Å². The van der Waals surface area contributed by atoms with Crippen molar-refractivity contribution in [1.29, 1.82) is 0 Å². The van der Waals surface area contributed by atoms with E-state index in [2.05, 4.69) is 5.32 Å². The Bertz CT molecular complexity index is 410. The molecule has 1 aliphatic carbocycles. The molecule has 1 aromatic rings. The minimum absolute atomic E-state index is 0.157. The summed E-state index contributed by atoms with van der Waals surface area (Å²) in [5, 5.41) is 3.76. The third-order valence-corrected chi connectivity index (χ3v) is 3.17. The first-order valence-electron chi connectivity index (χ1n) is 5.57. The molecule has 2 rings (SSSR count). The molecule has 0 radical (unpaired) electrons. The van der Waals surface area contributed by atoms with Crippen molar-refractivity contribution < 1.29 is 4.79 Å². The number of amides is 1. The van der Waals surface area contributed by atoms with E-state index in [0.29, 0.717) is 5.02 Å². The van der Waals surface area contributed by atoms with Crippen molar-refractivity contribution in [2.24, 2.45) is 5.92 Å². The highest BCUT2D eigenvalue weighted by atomic mass is 35.5. The first-order valence-corrected chi connectivity index (χ1v) is 5.95. The van der Waals surface area contributed by atoms with Gasteiger partial charge in [0.2, 0.25) is 5.91 Å². The summed E-state index contributed by atoms with van der Waals surface area (Å²) in [6, 6.07) is 7.63. The lowest BCUT2D eigenvalue weighted by Gasteiger charge is -2.27. The first-order chi connectivity index (χ1) is 7.49. The zero-order valence-electron chi connectivity index (χ0n) is 9.59. The maximum atomic E-state index is 11.7. The van der Waals surface area contributed by atoms with E-state index < -0.39 is 0 Å². The molecule has 1 aromatic carbocycles. The minimum atomic E-state index is -0.357. The Morgan fingerprint density at radius 1 is 1.44 bits per heavy atom. The summed E-state index contributed by atoms with van der Waals surface area (Å²) < 4.78 is 0. The van der Waals surface area contributed by atoms with Gasteiger partial charge in [-0.3, -0.25) is 4.79 Å². The summed E-state index contributed by atoms with van der Waals surface area (Å²) in [7, 11) is 0. The van der Waals surface area contributed by atoms with Crippen molar-refractivity contribution in [2.45, 2.75) is 32.2 Å². The second kappa shape index (κ2) is 4.10. The fraction of sp³-hybridized carbons (Fsp3) is 0.462. The first kappa shape index (κ1) is 11.5. The number of nitrogens with one attached hydrogen (secondary N) is 1. The topological polar surface area (TPSA) is 29.1 Å². The van der Waals surface area contributed by atoms with Gasteiger partial charge in [0.05, 0.1) is 5.54 Å². The van der Waals surface area contributed by atoms with Gasteiger partial charge in [0.25, 0.3) is 0 Å². The van der Waals surface area contributed by atoms with Crippen LogP contribution in [-0.2, 0) is 10.3 Å². The van der Waals surface area contributed by atoms with Crippen molar-refractivity contribution in [1.82, 2.24) is 5.32 Å². The van der Waals surface area contributed by atoms with E-state index in [-0.39, 0.29) is 17.4 Å². The molecule has 16 heavy (non-hydrogen) atoms. The lowest BCUT2D eigenvalue weighted by molar-refractivity contribution is -0.124. The fourth-order valence-corrected chi connectivity index (χ4v) is 1.90. The molecular weight excluding hydrogens is 222 g/mol. The highest BCUT2D eigenvalue weighted by Crippen LogP contribution is 2.31. The second-order valence-electron chi connectivity index (χ2n) is 4.90. The molecule has 1 saturated carbocycles. The van der Waals surface area contributed by atoms with E-state index in [9.17, 15) is 4.79 Å². The van der Waals surface area contributed by atoms with Crippen molar-refractivity contribution in [2.75, 3.05) is 0 Å². The zero-order valence-corrected chi connectivity index (χ0v) is 10.3. The van der Waals surface area contributed by atoms with Gasteiger partial charge in [-0.1, -0.05) is 23.7 Å². The number of carbonyl (C=O) groups excluding carboxylic acids is 1. The molecule has 0 aliphatic heterocycles. The predicted molar refractivity (Wildman–Crippen MR) is 65.3 cm³/mol. The quantitative estimate of drug-likeness (QED) is 0.860. The third kappa shape index (κ3) is 2.56. The summed E-state index contributed by atoms with van der Waals surface area (Å²) in [6.45, 7) is 4.00. The van der Waals surface area contributed by atoms with Gasteiger partial charge in [-0.15, -0.1) is 0 Å². The Morgan fingerprint density at radius 3 is 2.69 bits per heavy atom. The molecule has 86 valence electrons. The van der Waals surface area contributed by atoms with Crippen LogP contribution in [0.5, 0.6) is 0 Å². The molecule has 0 spiro atoms. The number of halogens is 1. The van der Waals surface area contributed by atoms with Crippen LogP contribution >= 0.6 is 11.6 Å². The predicted octanol–water partition coefficient (Wildman–Crippen LogP) is 3.10.